The number of thiophene rings is 4. The fraction of sp³-hybridized carbons (Fsp3) is 0.236. The average molecular weight is 1820 g/mol. The molecule has 4 N–H and O–H groups in total. The number of likely N-dealkylation sites (tertiary alicyclic amines) is 4. The molecule has 0 atom stereocenters. The summed E-state index contributed by atoms with van der Waals surface area (Å²) in [4.78, 5) is 66.0. The second kappa shape index (κ2) is 42.5. The number of benzene rings is 12. The number of carbonyl (C=O) groups excluding carboxylic acids is 4. The number of phenolic OH excluding ortho intramolecular Hbond substituents is 4. The van der Waals surface area contributed by atoms with Gasteiger partial charge in [0.1, 0.15) is 51.8 Å². The second-order valence-electron chi connectivity index (χ2n) is 33.5. The summed E-state index contributed by atoms with van der Waals surface area (Å²) < 4.78 is 40.6. The van der Waals surface area contributed by atoms with Gasteiger partial charge in [-0.25, -0.2) is 4.39 Å². The van der Waals surface area contributed by atoms with Crippen LogP contribution in [0, 0.1) is 19.7 Å². The van der Waals surface area contributed by atoms with Crippen molar-refractivity contribution < 1.29 is 62.9 Å². The van der Waals surface area contributed by atoms with Crippen molar-refractivity contribution in [2.24, 2.45) is 0 Å². The van der Waals surface area contributed by atoms with Gasteiger partial charge in [0.05, 0.1) is 45.9 Å². The highest BCUT2D eigenvalue weighted by atomic mass is 32.1. The van der Waals surface area contributed by atoms with Gasteiger partial charge in [-0.3, -0.25) is 19.2 Å². The van der Waals surface area contributed by atoms with Crippen molar-refractivity contribution in [3.8, 4) is 90.5 Å². The Hall–Kier alpha value is -12.7. The van der Waals surface area contributed by atoms with Crippen molar-refractivity contribution in [1.29, 1.82) is 0 Å². The van der Waals surface area contributed by atoms with Gasteiger partial charge in [-0.15, -0.1) is 45.3 Å². The van der Waals surface area contributed by atoms with E-state index in [1.807, 2.05) is 214 Å². The monoisotopic (exact) mass is 1820 g/mol. The zero-order chi connectivity index (χ0) is 90.3. The van der Waals surface area contributed by atoms with E-state index in [9.17, 15) is 44.0 Å². The Kier molecular flexibility index (Phi) is 29.3. The van der Waals surface area contributed by atoms with E-state index in [0.717, 1.165) is 171 Å². The lowest BCUT2D eigenvalue weighted by molar-refractivity contribution is 0.103. The van der Waals surface area contributed by atoms with Crippen LogP contribution >= 0.6 is 45.3 Å². The molecule has 4 aliphatic rings. The van der Waals surface area contributed by atoms with Crippen molar-refractivity contribution in [1.82, 2.24) is 19.6 Å². The maximum atomic E-state index is 13.6. The van der Waals surface area contributed by atoms with Crippen molar-refractivity contribution in [2.45, 2.75) is 65.2 Å². The van der Waals surface area contributed by atoms with E-state index in [1.54, 1.807) is 48.5 Å². The maximum Gasteiger partial charge on any atom is 0.203 e. The number of aromatic hydroxyl groups is 4. The van der Waals surface area contributed by atoms with E-state index < -0.39 is 0 Å². The van der Waals surface area contributed by atoms with Gasteiger partial charge < -0.3 is 59.0 Å². The van der Waals surface area contributed by atoms with Crippen LogP contribution in [0.25, 0.3) is 84.9 Å². The van der Waals surface area contributed by atoms with Crippen molar-refractivity contribution in [3.63, 3.8) is 0 Å². The highest BCUT2D eigenvalue weighted by Gasteiger charge is 2.28. The van der Waals surface area contributed by atoms with Crippen LogP contribution in [0.4, 0.5) is 4.39 Å². The summed E-state index contributed by atoms with van der Waals surface area (Å²) in [5.41, 5.74) is 11.9. The molecule has 666 valence electrons. The van der Waals surface area contributed by atoms with Gasteiger partial charge in [0.15, 0.2) is 0 Å². The number of hydrogen-bond acceptors (Lipinski definition) is 20. The van der Waals surface area contributed by atoms with Crippen LogP contribution < -0.4 is 18.9 Å². The Morgan fingerprint density at radius 2 is 0.573 bits per heavy atom. The van der Waals surface area contributed by atoms with Crippen LogP contribution in [-0.4, -0.2) is 168 Å². The van der Waals surface area contributed by atoms with E-state index in [1.165, 1.54) is 148 Å². The predicted octanol–water partition coefficient (Wildman–Crippen LogP) is 24.7. The summed E-state index contributed by atoms with van der Waals surface area (Å²) in [5, 5.41) is 43.7. The number of ether oxygens (including phenoxy) is 4. The van der Waals surface area contributed by atoms with Gasteiger partial charge in [0, 0.05) is 111 Å². The SMILES string of the molecule is Cc1ccc(C(=O)c2sc3cc(O)ccc3c2-c2ccc(OCCCN3CCC3)cc2)cc1.Cc1ccccc1C(=O)c1sc2cc(O)ccc2c1-c1ccc(OCCCN2CCC2)cc1.O=C(c1ccc(F)cc1)c1sc2cc(O)ccc2c1-c1ccc(OCCCN2CCC2)cc1.O=C(c1ccccc1)c1sc2cc(O)ccc2c1-c1ccc(OCCCN2CCC2)cc1. The largest absolute Gasteiger partial charge is 0.508 e. The fourth-order valence-electron chi connectivity index (χ4n) is 16.6. The summed E-state index contributed by atoms with van der Waals surface area (Å²) in [7, 11) is 0. The number of halogens is 1. The molecular formula is C110H103FN4O12S4. The van der Waals surface area contributed by atoms with Crippen LogP contribution in [-0.2, 0) is 0 Å². The number of carbonyl (C=O) groups is 4. The summed E-state index contributed by atoms with van der Waals surface area (Å²) >= 11 is 5.61. The lowest BCUT2D eigenvalue weighted by Gasteiger charge is -2.30. The van der Waals surface area contributed by atoms with Crippen LogP contribution in [0.5, 0.6) is 46.0 Å². The smallest absolute Gasteiger partial charge is 0.203 e. The van der Waals surface area contributed by atoms with Gasteiger partial charge in [0.2, 0.25) is 23.1 Å². The summed E-state index contributed by atoms with van der Waals surface area (Å²) in [6.07, 6.45) is 9.30. The molecule has 0 bridgehead atoms. The lowest BCUT2D eigenvalue weighted by Crippen LogP contribution is -2.38. The number of nitrogens with zero attached hydrogens (tertiary/aromatic N) is 4. The molecule has 4 aliphatic heterocycles. The number of ketones is 4. The first-order valence-corrected chi connectivity index (χ1v) is 48.2. The molecule has 0 radical (unpaired) electrons. The third-order valence-electron chi connectivity index (χ3n) is 24.3. The summed E-state index contributed by atoms with van der Waals surface area (Å²) in [6.45, 7) is 20.8. The third-order valence-corrected chi connectivity index (χ3v) is 28.9. The minimum absolute atomic E-state index is 0.00277. The minimum Gasteiger partial charge on any atom is -0.508 e. The molecule has 0 saturated carbocycles. The van der Waals surface area contributed by atoms with Crippen LogP contribution in [0.3, 0.4) is 0 Å². The minimum atomic E-state index is -0.381. The Morgan fingerprint density at radius 3 is 0.855 bits per heavy atom. The quantitative estimate of drug-likeness (QED) is 0.0229. The first kappa shape index (κ1) is 90.3. The molecule has 8 heterocycles. The molecule has 4 aromatic heterocycles. The van der Waals surface area contributed by atoms with Crippen LogP contribution in [0.2, 0.25) is 0 Å². The zero-order valence-corrected chi connectivity index (χ0v) is 76.6. The fourth-order valence-corrected chi connectivity index (χ4v) is 21.4. The van der Waals surface area contributed by atoms with Crippen molar-refractivity contribution in [2.75, 3.05) is 105 Å². The van der Waals surface area contributed by atoms with E-state index in [2.05, 4.69) is 19.6 Å². The van der Waals surface area contributed by atoms with Gasteiger partial charge in [-0.05, 0) is 291 Å². The van der Waals surface area contributed by atoms with Crippen LogP contribution in [0.1, 0.15) is 123 Å². The zero-order valence-electron chi connectivity index (χ0n) is 73.3. The Bertz CT molecular complexity index is 6480. The van der Waals surface area contributed by atoms with E-state index in [0.29, 0.717) is 68.2 Å². The Balaban J connectivity index is 0.000000122. The van der Waals surface area contributed by atoms with Gasteiger partial charge >= 0.3 is 0 Å². The van der Waals surface area contributed by atoms with Gasteiger partial charge in [-0.1, -0.05) is 133 Å². The van der Waals surface area contributed by atoms with E-state index in [-0.39, 0.29) is 51.9 Å². The molecule has 16 nitrogen and oxygen atoms in total. The molecule has 21 heteroatoms. The molecule has 12 aromatic carbocycles. The number of rotatable bonds is 32. The molecule has 0 unspecified atom stereocenters. The van der Waals surface area contributed by atoms with Crippen LogP contribution in [0.15, 0.2) is 273 Å². The highest BCUT2D eigenvalue weighted by Crippen LogP contribution is 2.47. The number of aryl methyl sites for hydroxylation is 2. The Labute approximate surface area is 778 Å². The molecule has 4 saturated heterocycles. The molecule has 20 rings (SSSR count). The van der Waals surface area contributed by atoms with Gasteiger partial charge in [-0.2, -0.15) is 0 Å². The molecule has 0 spiro atoms. The summed E-state index contributed by atoms with van der Waals surface area (Å²) in [5.74, 6) is 3.52. The van der Waals surface area contributed by atoms with E-state index >= 15 is 0 Å². The van der Waals surface area contributed by atoms with E-state index in [4.69, 9.17) is 18.9 Å². The highest BCUT2D eigenvalue weighted by molar-refractivity contribution is 7.23. The number of fused-ring (bicyclic) bond motifs is 4. The first-order valence-electron chi connectivity index (χ1n) is 44.9. The average Bonchev–Trinajstić information content (AvgIpc) is 1.63. The predicted molar refractivity (Wildman–Crippen MR) is 529 cm³/mol. The van der Waals surface area contributed by atoms with Crippen molar-refractivity contribution >= 4 is 109 Å². The second-order valence-corrected chi connectivity index (χ2v) is 37.7. The number of hydrogen-bond donors (Lipinski definition) is 4. The summed E-state index contributed by atoms with van der Waals surface area (Å²) in [6, 6.07) is 83.0. The maximum absolute atomic E-state index is 13.6. The van der Waals surface area contributed by atoms with Crippen molar-refractivity contribution in [3.05, 3.63) is 332 Å². The topological polar surface area (TPSA) is 199 Å². The Morgan fingerprint density at radius 1 is 0.305 bits per heavy atom. The molecule has 16 aromatic rings. The molecular weight excluding hydrogens is 1720 g/mol. The first-order chi connectivity index (χ1) is 63.9. The molecule has 4 fully saturated rings. The van der Waals surface area contributed by atoms with Gasteiger partial charge in [0.25, 0.3) is 0 Å². The number of phenols is 4. The normalized spacial score (nSPS) is 13.7. The molecule has 0 aliphatic carbocycles. The molecule has 131 heavy (non-hydrogen) atoms. The lowest BCUT2D eigenvalue weighted by atomic mass is 9.96. The third kappa shape index (κ3) is 22.0. The standard InChI is InChI=1S/2C28H27NO3S.C27H24FNO3S.C27H25NO3S/c1-19-4-6-21(7-5-19)27(31)28-26(24-13-10-22(30)18-25(24)33-28)20-8-11-23(12-9-20)32-17-3-16-29-14-2-15-29;1-19-6-2-3-7-23(19)27(31)28-26(24-13-10-21(30)18-25(24)33-28)20-8-11-22(12-9-20)32-17-5-16-29-14-4-15-29;28-20-7-3-19(4-8-20)26(31)27-25(23-12-9-21(30)17-24(23)33-27)18-5-10-22(11-6-18)32-16-2-15-29-13-1-14-29;29-21-10-13-23-24(18-21)32-27(26(30)20-6-2-1-3-7-20)25(23)19-8-11-22(12-9-19)31-17-5-16-28-14-4-15-28/h4-13,18,30H,2-3,14-17H2,1H3;2-3,6-13,18,30H,4-5,14-17H2,1H3;3-12,17,30H,1-2,13-16H2;1-3,6-13,18,29H,4-5,14-17H2. The molecule has 0 amide bonds.